The summed E-state index contributed by atoms with van der Waals surface area (Å²) in [5, 5.41) is 2.09. The first kappa shape index (κ1) is 15.9. The van der Waals surface area contributed by atoms with Gasteiger partial charge in [-0.3, -0.25) is 4.79 Å². The zero-order valence-electron chi connectivity index (χ0n) is 11.2. The number of halogens is 3. The molecule has 0 aliphatic carbocycles. The molecule has 0 atom stereocenters. The number of hydrogen-bond acceptors (Lipinski definition) is 6. The van der Waals surface area contributed by atoms with Crippen molar-refractivity contribution in [2.24, 2.45) is 0 Å². The van der Waals surface area contributed by atoms with Crippen molar-refractivity contribution in [3.05, 3.63) is 5.82 Å². The smallest absolute Gasteiger partial charge is 0.397 e. The highest BCUT2D eigenvalue weighted by Crippen LogP contribution is 2.19. The number of anilines is 1. The molecule has 1 amide bonds. The highest BCUT2D eigenvalue weighted by molar-refractivity contribution is 5.76. The average Bonchev–Trinajstić information content (AvgIpc) is 2.33. The molecule has 0 aliphatic rings. The zero-order valence-corrected chi connectivity index (χ0v) is 11.2. The summed E-state index contributed by atoms with van der Waals surface area (Å²) in [5.41, 5.74) is 0. The molecule has 1 N–H and O–H groups in total. The number of nitrogens with one attached hydrogen (secondary N) is 1. The number of hydrogen-bond donors (Lipinski definition) is 1. The SMILES string of the molecule is COc1nc(CNC(=O)CC(F)(F)F)nc(N(C)C)n1. The molecule has 1 aromatic heterocycles. The Morgan fingerprint density at radius 3 is 2.45 bits per heavy atom. The lowest BCUT2D eigenvalue weighted by molar-refractivity contribution is -0.153. The van der Waals surface area contributed by atoms with E-state index in [1.54, 1.807) is 19.0 Å². The van der Waals surface area contributed by atoms with Crippen molar-refractivity contribution in [2.45, 2.75) is 19.1 Å². The number of amides is 1. The molecule has 1 aromatic rings. The van der Waals surface area contributed by atoms with Gasteiger partial charge in [0.05, 0.1) is 13.7 Å². The summed E-state index contributed by atoms with van der Waals surface area (Å²) >= 11 is 0. The van der Waals surface area contributed by atoms with Gasteiger partial charge in [-0.05, 0) is 0 Å². The summed E-state index contributed by atoms with van der Waals surface area (Å²) in [4.78, 5) is 24.4. The minimum absolute atomic E-state index is 0.0174. The maximum absolute atomic E-state index is 12.0. The lowest BCUT2D eigenvalue weighted by Gasteiger charge is -2.12. The van der Waals surface area contributed by atoms with E-state index in [1.807, 2.05) is 0 Å². The van der Waals surface area contributed by atoms with Crippen LogP contribution in [0.4, 0.5) is 19.1 Å². The van der Waals surface area contributed by atoms with E-state index in [2.05, 4.69) is 20.3 Å². The van der Waals surface area contributed by atoms with Gasteiger partial charge < -0.3 is 15.0 Å². The van der Waals surface area contributed by atoms with Gasteiger partial charge in [-0.2, -0.15) is 28.1 Å². The molecule has 1 rings (SSSR count). The van der Waals surface area contributed by atoms with Crippen molar-refractivity contribution >= 4 is 11.9 Å². The van der Waals surface area contributed by atoms with Crippen LogP contribution in [0.25, 0.3) is 0 Å². The third-order valence-electron chi connectivity index (χ3n) is 2.04. The fraction of sp³-hybridized carbons (Fsp3) is 0.600. The molecular weight excluding hydrogens is 279 g/mol. The van der Waals surface area contributed by atoms with E-state index < -0.39 is 18.5 Å². The van der Waals surface area contributed by atoms with E-state index >= 15 is 0 Å². The third-order valence-corrected chi connectivity index (χ3v) is 2.04. The predicted molar refractivity (Wildman–Crippen MR) is 63.2 cm³/mol. The molecule has 0 saturated heterocycles. The van der Waals surface area contributed by atoms with E-state index in [1.165, 1.54) is 7.11 Å². The van der Waals surface area contributed by atoms with Gasteiger partial charge in [0.2, 0.25) is 11.9 Å². The topological polar surface area (TPSA) is 80.2 Å². The first-order valence-electron chi connectivity index (χ1n) is 5.51. The molecule has 0 radical (unpaired) electrons. The number of rotatable bonds is 5. The summed E-state index contributed by atoms with van der Waals surface area (Å²) in [7, 11) is 4.71. The Morgan fingerprint density at radius 1 is 1.30 bits per heavy atom. The summed E-state index contributed by atoms with van der Waals surface area (Å²) in [5.74, 6) is -0.767. The van der Waals surface area contributed by atoms with Crippen LogP contribution in [0.5, 0.6) is 6.01 Å². The number of carbonyl (C=O) groups excluding carboxylic acids is 1. The number of ether oxygens (including phenoxy) is 1. The van der Waals surface area contributed by atoms with Crippen molar-refractivity contribution < 1.29 is 22.7 Å². The minimum Gasteiger partial charge on any atom is -0.467 e. The van der Waals surface area contributed by atoms with Gasteiger partial charge in [-0.1, -0.05) is 0 Å². The van der Waals surface area contributed by atoms with Crippen LogP contribution in [-0.2, 0) is 11.3 Å². The van der Waals surface area contributed by atoms with Crippen LogP contribution in [0.2, 0.25) is 0 Å². The molecule has 112 valence electrons. The predicted octanol–water partition coefficient (Wildman–Crippen LogP) is 0.515. The summed E-state index contributed by atoms with van der Waals surface area (Å²) in [6.45, 7) is -0.241. The number of methoxy groups -OCH3 is 1. The fourth-order valence-electron chi connectivity index (χ4n) is 1.18. The third kappa shape index (κ3) is 5.24. The van der Waals surface area contributed by atoms with E-state index in [4.69, 9.17) is 4.74 Å². The van der Waals surface area contributed by atoms with Crippen LogP contribution in [0, 0.1) is 0 Å². The van der Waals surface area contributed by atoms with Crippen LogP contribution < -0.4 is 15.0 Å². The van der Waals surface area contributed by atoms with Gasteiger partial charge in [-0.25, -0.2) is 0 Å². The molecule has 7 nitrogen and oxygen atoms in total. The average molecular weight is 293 g/mol. The van der Waals surface area contributed by atoms with Gasteiger partial charge in [0.15, 0.2) is 5.82 Å². The van der Waals surface area contributed by atoms with Crippen molar-refractivity contribution in [3.63, 3.8) is 0 Å². The van der Waals surface area contributed by atoms with Crippen molar-refractivity contribution in [2.75, 3.05) is 26.1 Å². The van der Waals surface area contributed by atoms with Gasteiger partial charge in [-0.15, -0.1) is 0 Å². The molecule has 0 saturated carbocycles. The van der Waals surface area contributed by atoms with Gasteiger partial charge in [0.25, 0.3) is 0 Å². The first-order chi connectivity index (χ1) is 9.21. The lowest BCUT2D eigenvalue weighted by atomic mass is 10.4. The van der Waals surface area contributed by atoms with Gasteiger partial charge in [0, 0.05) is 14.1 Å². The highest BCUT2D eigenvalue weighted by Gasteiger charge is 2.31. The Morgan fingerprint density at radius 2 is 1.95 bits per heavy atom. The maximum Gasteiger partial charge on any atom is 0.397 e. The quantitative estimate of drug-likeness (QED) is 0.852. The normalized spacial score (nSPS) is 11.1. The van der Waals surface area contributed by atoms with Crippen LogP contribution in [0.3, 0.4) is 0 Å². The Labute approximate surface area is 113 Å². The number of aromatic nitrogens is 3. The molecule has 0 fully saturated rings. The Hall–Kier alpha value is -2.13. The molecule has 1 heterocycles. The Kier molecular flexibility index (Phi) is 5.06. The lowest BCUT2D eigenvalue weighted by Crippen LogP contribution is -2.29. The largest absolute Gasteiger partial charge is 0.467 e. The van der Waals surface area contributed by atoms with Crippen molar-refractivity contribution in [3.8, 4) is 6.01 Å². The Bertz CT molecular complexity index is 478. The van der Waals surface area contributed by atoms with Gasteiger partial charge >= 0.3 is 12.2 Å². The maximum atomic E-state index is 12.0. The van der Waals surface area contributed by atoms with Crippen LogP contribution >= 0.6 is 0 Å². The molecule has 0 aromatic carbocycles. The molecule has 0 bridgehead atoms. The molecular formula is C10H14F3N5O2. The fourth-order valence-corrected chi connectivity index (χ4v) is 1.18. The van der Waals surface area contributed by atoms with Crippen LogP contribution in [0.15, 0.2) is 0 Å². The molecule has 0 unspecified atom stereocenters. The second kappa shape index (κ2) is 6.35. The number of carbonyl (C=O) groups is 1. The molecule has 20 heavy (non-hydrogen) atoms. The summed E-state index contributed by atoms with van der Waals surface area (Å²) in [6, 6.07) is 0.0174. The molecule has 0 aliphatic heterocycles. The standard InChI is InChI=1S/C10H14F3N5O2/c1-18(2)8-15-6(16-9(17-8)20-3)5-14-7(19)4-10(11,12)13/h4-5H2,1-3H3,(H,14,19). The van der Waals surface area contributed by atoms with E-state index in [0.717, 1.165) is 0 Å². The summed E-state index contributed by atoms with van der Waals surface area (Å²) < 4.78 is 40.8. The minimum atomic E-state index is -4.55. The van der Waals surface area contributed by atoms with E-state index in [-0.39, 0.29) is 24.3 Å². The Balaban J connectivity index is 2.72. The van der Waals surface area contributed by atoms with E-state index in [0.29, 0.717) is 0 Å². The van der Waals surface area contributed by atoms with Crippen LogP contribution in [-0.4, -0.2) is 48.2 Å². The number of alkyl halides is 3. The zero-order chi connectivity index (χ0) is 15.3. The monoisotopic (exact) mass is 293 g/mol. The van der Waals surface area contributed by atoms with E-state index in [9.17, 15) is 18.0 Å². The highest BCUT2D eigenvalue weighted by atomic mass is 19.4. The van der Waals surface area contributed by atoms with Gasteiger partial charge in [0.1, 0.15) is 6.42 Å². The van der Waals surface area contributed by atoms with Crippen molar-refractivity contribution in [1.29, 1.82) is 0 Å². The van der Waals surface area contributed by atoms with Crippen LogP contribution in [0.1, 0.15) is 12.2 Å². The second-order valence-corrected chi connectivity index (χ2v) is 4.00. The second-order valence-electron chi connectivity index (χ2n) is 4.00. The first-order valence-corrected chi connectivity index (χ1v) is 5.51. The number of nitrogens with zero attached hydrogens (tertiary/aromatic N) is 4. The molecule has 10 heteroatoms. The van der Waals surface area contributed by atoms with Crippen molar-refractivity contribution in [1.82, 2.24) is 20.3 Å². The molecule has 0 spiro atoms. The summed E-state index contributed by atoms with van der Waals surface area (Å²) in [6.07, 6.45) is -6.09.